The summed E-state index contributed by atoms with van der Waals surface area (Å²) in [6.45, 7) is 8.01. The molecule has 5 heteroatoms. The number of hydrogen-bond donors (Lipinski definition) is 3. The third-order valence-corrected chi connectivity index (χ3v) is 3.03. The lowest BCUT2D eigenvalue weighted by atomic mass is 10.2. The van der Waals surface area contributed by atoms with Gasteiger partial charge in [0, 0.05) is 25.4 Å². The lowest BCUT2D eigenvalue weighted by molar-refractivity contribution is -0.0477. The molecule has 0 aliphatic heterocycles. The predicted octanol–water partition coefficient (Wildman–Crippen LogP) is 0.868. The molecule has 0 amide bonds. The van der Waals surface area contributed by atoms with Crippen LogP contribution >= 0.6 is 11.8 Å². The number of thioether (sulfide) groups is 1. The molecular weight excluding hydrogens is 238 g/mol. The minimum Gasteiger partial charge on any atom is -0.396 e. The van der Waals surface area contributed by atoms with Gasteiger partial charge in [0.25, 0.3) is 0 Å². The van der Waals surface area contributed by atoms with Crippen LogP contribution in [-0.2, 0) is 4.74 Å². The molecule has 0 aromatic carbocycles. The highest BCUT2D eigenvalue weighted by molar-refractivity contribution is 7.99. The Kier molecular flexibility index (Phi) is 10.3. The molecule has 0 heterocycles. The summed E-state index contributed by atoms with van der Waals surface area (Å²) in [7, 11) is 0. The first kappa shape index (κ1) is 17.2. The molecule has 17 heavy (non-hydrogen) atoms. The molecule has 0 aliphatic carbocycles. The maximum atomic E-state index is 9.63. The van der Waals surface area contributed by atoms with E-state index in [1.807, 2.05) is 32.5 Å². The smallest absolute Gasteiger partial charge is 0.0897 e. The van der Waals surface area contributed by atoms with Crippen LogP contribution in [0.2, 0.25) is 0 Å². The largest absolute Gasteiger partial charge is 0.396 e. The van der Waals surface area contributed by atoms with Gasteiger partial charge < -0.3 is 20.3 Å². The van der Waals surface area contributed by atoms with Gasteiger partial charge in [-0.1, -0.05) is 0 Å². The second-order valence-electron chi connectivity index (χ2n) is 4.97. The Morgan fingerprint density at radius 1 is 1.29 bits per heavy atom. The summed E-state index contributed by atoms with van der Waals surface area (Å²) in [5.74, 6) is 2.00. The lowest BCUT2D eigenvalue weighted by Crippen LogP contribution is -2.34. The Morgan fingerprint density at radius 2 is 2.00 bits per heavy atom. The molecule has 1 unspecified atom stereocenters. The minimum atomic E-state index is -0.448. The number of rotatable bonds is 10. The van der Waals surface area contributed by atoms with Gasteiger partial charge in [-0.3, -0.25) is 0 Å². The highest BCUT2D eigenvalue weighted by Crippen LogP contribution is 2.06. The van der Waals surface area contributed by atoms with Crippen LogP contribution < -0.4 is 5.32 Å². The second kappa shape index (κ2) is 10.1. The Balaban J connectivity index is 3.25. The number of ether oxygens (including phenoxy) is 1. The van der Waals surface area contributed by atoms with Gasteiger partial charge >= 0.3 is 0 Å². The molecule has 4 nitrogen and oxygen atoms in total. The maximum absolute atomic E-state index is 9.63. The van der Waals surface area contributed by atoms with Gasteiger partial charge in [-0.15, -0.1) is 0 Å². The first-order valence-corrected chi connectivity index (χ1v) is 7.32. The number of aliphatic hydroxyl groups is 2. The molecule has 0 bridgehead atoms. The number of hydrogen-bond acceptors (Lipinski definition) is 5. The van der Waals surface area contributed by atoms with Crippen LogP contribution in [-0.4, -0.2) is 59.7 Å². The Hall–Kier alpha value is 0.190. The van der Waals surface area contributed by atoms with Crippen molar-refractivity contribution in [3.63, 3.8) is 0 Å². The van der Waals surface area contributed by atoms with Gasteiger partial charge in [0.2, 0.25) is 0 Å². The Morgan fingerprint density at radius 3 is 2.59 bits per heavy atom. The van der Waals surface area contributed by atoms with Gasteiger partial charge in [0.15, 0.2) is 0 Å². The molecule has 0 spiro atoms. The third-order valence-electron chi connectivity index (χ3n) is 1.96. The second-order valence-corrected chi connectivity index (χ2v) is 6.20. The van der Waals surface area contributed by atoms with Crippen LogP contribution in [0.15, 0.2) is 0 Å². The van der Waals surface area contributed by atoms with Crippen molar-refractivity contribution in [2.24, 2.45) is 0 Å². The van der Waals surface area contributed by atoms with E-state index in [2.05, 4.69) is 5.32 Å². The lowest BCUT2D eigenvalue weighted by Gasteiger charge is -2.22. The zero-order valence-electron chi connectivity index (χ0n) is 11.2. The van der Waals surface area contributed by atoms with E-state index >= 15 is 0 Å². The fourth-order valence-electron chi connectivity index (χ4n) is 1.09. The predicted molar refractivity (Wildman–Crippen MR) is 73.6 cm³/mol. The molecule has 0 saturated heterocycles. The van der Waals surface area contributed by atoms with Crippen molar-refractivity contribution >= 4 is 11.8 Å². The maximum Gasteiger partial charge on any atom is 0.0897 e. The molecule has 0 radical (unpaired) electrons. The summed E-state index contributed by atoms with van der Waals surface area (Å²) >= 11 is 1.81. The van der Waals surface area contributed by atoms with E-state index in [0.29, 0.717) is 13.2 Å². The molecular formula is C12H27NO3S. The highest BCUT2D eigenvalue weighted by Gasteiger charge is 2.12. The third kappa shape index (κ3) is 14.1. The SMILES string of the molecule is CC(C)(C)OCC(O)CNCCSCCCO. The van der Waals surface area contributed by atoms with E-state index in [0.717, 1.165) is 24.5 Å². The molecule has 0 aromatic rings. The monoisotopic (exact) mass is 265 g/mol. The van der Waals surface area contributed by atoms with E-state index in [9.17, 15) is 5.11 Å². The Labute approximate surface area is 109 Å². The molecule has 0 aromatic heterocycles. The average Bonchev–Trinajstić information content (AvgIpc) is 2.24. The van der Waals surface area contributed by atoms with Crippen LogP contribution in [0.3, 0.4) is 0 Å². The van der Waals surface area contributed by atoms with Crippen molar-refractivity contribution < 1.29 is 14.9 Å². The fourth-order valence-corrected chi connectivity index (χ4v) is 1.91. The van der Waals surface area contributed by atoms with Crippen LogP contribution in [0, 0.1) is 0 Å². The van der Waals surface area contributed by atoms with Crippen molar-refractivity contribution in [3.05, 3.63) is 0 Å². The van der Waals surface area contributed by atoms with E-state index < -0.39 is 6.10 Å². The molecule has 104 valence electrons. The van der Waals surface area contributed by atoms with Gasteiger partial charge in [0.1, 0.15) is 0 Å². The van der Waals surface area contributed by atoms with Gasteiger partial charge in [0.05, 0.1) is 18.3 Å². The summed E-state index contributed by atoms with van der Waals surface area (Å²) in [5, 5.41) is 21.4. The first-order valence-electron chi connectivity index (χ1n) is 6.17. The van der Waals surface area contributed by atoms with Crippen molar-refractivity contribution in [1.82, 2.24) is 5.32 Å². The quantitative estimate of drug-likeness (QED) is 0.512. The van der Waals surface area contributed by atoms with E-state index in [1.165, 1.54) is 0 Å². The van der Waals surface area contributed by atoms with Crippen LogP contribution in [0.25, 0.3) is 0 Å². The van der Waals surface area contributed by atoms with Gasteiger partial charge in [-0.25, -0.2) is 0 Å². The Bertz CT molecular complexity index is 174. The molecule has 0 rings (SSSR count). The van der Waals surface area contributed by atoms with Crippen LogP contribution in [0.1, 0.15) is 27.2 Å². The van der Waals surface area contributed by atoms with Crippen molar-refractivity contribution in [3.8, 4) is 0 Å². The summed E-state index contributed by atoms with van der Waals surface area (Å²) in [4.78, 5) is 0. The van der Waals surface area contributed by atoms with E-state index in [4.69, 9.17) is 9.84 Å². The summed E-state index contributed by atoms with van der Waals surface area (Å²) < 4.78 is 5.48. The summed E-state index contributed by atoms with van der Waals surface area (Å²) in [6.07, 6.45) is 0.406. The van der Waals surface area contributed by atoms with Gasteiger partial charge in [-0.05, 0) is 32.9 Å². The van der Waals surface area contributed by atoms with Crippen molar-refractivity contribution in [1.29, 1.82) is 0 Å². The molecule has 0 aliphatic rings. The first-order chi connectivity index (χ1) is 7.95. The van der Waals surface area contributed by atoms with Crippen LogP contribution in [0.5, 0.6) is 0 Å². The molecule has 3 N–H and O–H groups in total. The number of nitrogens with one attached hydrogen (secondary N) is 1. The zero-order chi connectivity index (χ0) is 13.1. The molecule has 0 fully saturated rings. The van der Waals surface area contributed by atoms with E-state index in [-0.39, 0.29) is 12.2 Å². The average molecular weight is 265 g/mol. The summed E-state index contributed by atoms with van der Waals surface area (Å²) in [5.41, 5.74) is -0.193. The normalized spacial score (nSPS) is 13.9. The molecule has 0 saturated carbocycles. The standard InChI is InChI=1S/C12H27NO3S/c1-12(2,3)16-10-11(15)9-13-5-8-17-7-4-6-14/h11,13-15H,4-10H2,1-3H3. The highest BCUT2D eigenvalue weighted by atomic mass is 32.2. The van der Waals surface area contributed by atoms with Crippen molar-refractivity contribution in [2.45, 2.75) is 38.9 Å². The van der Waals surface area contributed by atoms with Crippen molar-refractivity contribution in [2.75, 3.05) is 37.8 Å². The van der Waals surface area contributed by atoms with E-state index in [1.54, 1.807) is 0 Å². The topological polar surface area (TPSA) is 61.7 Å². The summed E-state index contributed by atoms with van der Waals surface area (Å²) in [6, 6.07) is 0. The zero-order valence-corrected chi connectivity index (χ0v) is 12.1. The van der Waals surface area contributed by atoms with Gasteiger partial charge in [-0.2, -0.15) is 11.8 Å². The minimum absolute atomic E-state index is 0.193. The fraction of sp³-hybridized carbons (Fsp3) is 1.00. The van der Waals surface area contributed by atoms with Crippen LogP contribution in [0.4, 0.5) is 0 Å². The number of aliphatic hydroxyl groups excluding tert-OH is 2. The molecule has 1 atom stereocenters.